The molecule has 0 spiro atoms. The van der Waals surface area contributed by atoms with Gasteiger partial charge in [-0.1, -0.05) is 37.3 Å². The summed E-state index contributed by atoms with van der Waals surface area (Å²) in [4.78, 5) is 16.3. The number of methoxy groups -OCH3 is 1. The van der Waals surface area contributed by atoms with Gasteiger partial charge in [0.25, 0.3) is 0 Å². The lowest BCUT2D eigenvalue weighted by Crippen LogP contribution is -2.24. The molecule has 1 amide bonds. The number of hydrogen-bond acceptors (Lipinski definition) is 3. The fourth-order valence-electron chi connectivity index (χ4n) is 3.94. The first-order chi connectivity index (χ1) is 14.7. The number of aryl methyl sites for hydroxylation is 1. The molecule has 0 saturated carbocycles. The summed E-state index contributed by atoms with van der Waals surface area (Å²) in [5.74, 6) is 1.39. The number of hydrogen-bond donors (Lipinski definition) is 2. The molecule has 0 radical (unpaired) electrons. The zero-order valence-electron chi connectivity index (χ0n) is 17.3. The molecule has 5 heteroatoms. The van der Waals surface area contributed by atoms with Gasteiger partial charge in [-0.2, -0.15) is 0 Å². The van der Waals surface area contributed by atoms with Crippen molar-refractivity contribution in [3.63, 3.8) is 0 Å². The van der Waals surface area contributed by atoms with Crippen molar-refractivity contribution < 1.29 is 13.9 Å². The number of rotatable bonds is 8. The number of benzene rings is 2. The average Bonchev–Trinajstić information content (AvgIpc) is 3.46. The minimum absolute atomic E-state index is 0.0276. The van der Waals surface area contributed by atoms with Crippen molar-refractivity contribution in [2.24, 2.45) is 0 Å². The van der Waals surface area contributed by atoms with E-state index in [1.807, 2.05) is 36.5 Å². The van der Waals surface area contributed by atoms with Crippen LogP contribution in [0.3, 0.4) is 0 Å². The van der Waals surface area contributed by atoms with Crippen LogP contribution >= 0.6 is 0 Å². The lowest BCUT2D eigenvalue weighted by molar-refractivity contribution is -0.121. The minimum atomic E-state index is -0.0995. The fraction of sp³-hybridized carbons (Fsp3) is 0.240. The Morgan fingerprint density at radius 3 is 2.80 bits per heavy atom. The number of fused-ring (bicyclic) bond motifs is 1. The van der Waals surface area contributed by atoms with Crippen molar-refractivity contribution in [1.29, 1.82) is 0 Å². The molecule has 4 rings (SSSR count). The number of nitrogens with one attached hydrogen (secondary N) is 2. The predicted molar refractivity (Wildman–Crippen MR) is 118 cm³/mol. The molecule has 5 nitrogen and oxygen atoms in total. The van der Waals surface area contributed by atoms with Gasteiger partial charge in [-0.3, -0.25) is 4.79 Å². The topological polar surface area (TPSA) is 67.3 Å². The van der Waals surface area contributed by atoms with E-state index in [1.54, 1.807) is 13.4 Å². The summed E-state index contributed by atoms with van der Waals surface area (Å²) in [6.07, 6.45) is 4.92. The number of aromatic amines is 1. The lowest BCUT2D eigenvalue weighted by Gasteiger charge is -2.18. The van der Waals surface area contributed by atoms with Crippen LogP contribution < -0.4 is 10.1 Å². The molecule has 0 fully saturated rings. The molecule has 0 aliphatic heterocycles. The Labute approximate surface area is 176 Å². The van der Waals surface area contributed by atoms with Gasteiger partial charge in [0.05, 0.1) is 19.9 Å². The highest BCUT2D eigenvalue weighted by Gasteiger charge is 2.22. The third kappa shape index (κ3) is 4.10. The molecule has 2 aromatic heterocycles. The van der Waals surface area contributed by atoms with Gasteiger partial charge in [0.1, 0.15) is 11.5 Å². The summed E-state index contributed by atoms with van der Waals surface area (Å²) < 4.78 is 10.8. The predicted octanol–water partition coefficient (Wildman–Crippen LogP) is 5.17. The molecule has 0 aliphatic carbocycles. The average molecular weight is 402 g/mol. The first-order valence-corrected chi connectivity index (χ1v) is 10.2. The molecule has 4 aromatic rings. The van der Waals surface area contributed by atoms with Crippen molar-refractivity contribution in [2.45, 2.75) is 32.2 Å². The molecule has 1 atom stereocenters. The Morgan fingerprint density at radius 1 is 1.17 bits per heavy atom. The Morgan fingerprint density at radius 2 is 2.03 bits per heavy atom. The third-order valence-corrected chi connectivity index (χ3v) is 5.52. The molecular formula is C25H26N2O3. The molecule has 30 heavy (non-hydrogen) atoms. The van der Waals surface area contributed by atoms with E-state index in [0.29, 0.717) is 13.0 Å². The Hall–Kier alpha value is -3.47. The standard InChI is InChI=1S/C25H26N2O3/c1-3-17-7-5-11-21-23(16-27-25(17)21)22(18-8-4-9-19(13-18)29-2)14-24(28)26-15-20-10-6-12-30-20/h4-13,16,22,27H,3,14-15H2,1-2H3,(H,26,28)/t22-/m0/s1. The molecule has 2 heterocycles. The van der Waals surface area contributed by atoms with Gasteiger partial charge in [-0.05, 0) is 47.4 Å². The maximum absolute atomic E-state index is 12.8. The lowest BCUT2D eigenvalue weighted by atomic mass is 9.87. The van der Waals surface area contributed by atoms with E-state index >= 15 is 0 Å². The van der Waals surface area contributed by atoms with Crippen LogP contribution in [0.2, 0.25) is 0 Å². The van der Waals surface area contributed by atoms with Gasteiger partial charge in [0.15, 0.2) is 0 Å². The quantitative estimate of drug-likeness (QED) is 0.427. The monoisotopic (exact) mass is 402 g/mol. The van der Waals surface area contributed by atoms with Crippen LogP contribution in [0.25, 0.3) is 10.9 Å². The van der Waals surface area contributed by atoms with E-state index in [2.05, 4.69) is 41.5 Å². The van der Waals surface area contributed by atoms with Crippen LogP contribution in [0.1, 0.15) is 41.7 Å². The number of amides is 1. The molecule has 0 aliphatic rings. The van der Waals surface area contributed by atoms with E-state index in [0.717, 1.165) is 40.0 Å². The summed E-state index contributed by atoms with van der Waals surface area (Å²) in [5.41, 5.74) is 4.57. The summed E-state index contributed by atoms with van der Waals surface area (Å²) in [7, 11) is 1.66. The van der Waals surface area contributed by atoms with Crippen molar-refractivity contribution >= 4 is 16.8 Å². The van der Waals surface area contributed by atoms with Crippen molar-refractivity contribution in [2.75, 3.05) is 7.11 Å². The zero-order chi connectivity index (χ0) is 20.9. The summed E-state index contributed by atoms with van der Waals surface area (Å²) >= 11 is 0. The van der Waals surface area contributed by atoms with E-state index in [-0.39, 0.29) is 11.8 Å². The highest BCUT2D eigenvalue weighted by molar-refractivity contribution is 5.88. The van der Waals surface area contributed by atoms with Crippen molar-refractivity contribution in [1.82, 2.24) is 10.3 Å². The molecule has 0 saturated heterocycles. The largest absolute Gasteiger partial charge is 0.497 e. The second kappa shape index (κ2) is 8.91. The van der Waals surface area contributed by atoms with E-state index < -0.39 is 0 Å². The normalized spacial score (nSPS) is 12.1. The van der Waals surface area contributed by atoms with Crippen LogP contribution in [0.4, 0.5) is 0 Å². The van der Waals surface area contributed by atoms with E-state index in [9.17, 15) is 4.79 Å². The van der Waals surface area contributed by atoms with Gasteiger partial charge in [-0.25, -0.2) is 0 Å². The van der Waals surface area contributed by atoms with Gasteiger partial charge >= 0.3 is 0 Å². The second-order valence-corrected chi connectivity index (χ2v) is 7.33. The van der Waals surface area contributed by atoms with Gasteiger partial charge in [0.2, 0.25) is 5.91 Å². The second-order valence-electron chi connectivity index (χ2n) is 7.33. The van der Waals surface area contributed by atoms with Crippen LogP contribution in [-0.4, -0.2) is 18.0 Å². The summed E-state index contributed by atoms with van der Waals surface area (Å²) in [5, 5.41) is 4.13. The van der Waals surface area contributed by atoms with Gasteiger partial charge < -0.3 is 19.5 Å². The maximum atomic E-state index is 12.8. The number of carbonyl (C=O) groups is 1. The molecule has 2 N–H and O–H groups in total. The summed E-state index contributed by atoms with van der Waals surface area (Å²) in [6, 6.07) is 18.0. The van der Waals surface area contributed by atoms with Crippen LogP contribution in [0.15, 0.2) is 71.5 Å². The fourth-order valence-corrected chi connectivity index (χ4v) is 3.94. The minimum Gasteiger partial charge on any atom is -0.497 e. The SMILES string of the molecule is CCc1cccc2c([C@@H](CC(=O)NCc3ccco3)c3cccc(OC)c3)c[nH]c12. The Balaban J connectivity index is 1.68. The first-order valence-electron chi connectivity index (χ1n) is 10.2. The molecule has 0 unspecified atom stereocenters. The molecular weight excluding hydrogens is 376 g/mol. The number of ether oxygens (including phenoxy) is 1. The van der Waals surface area contributed by atoms with Gasteiger partial charge in [-0.15, -0.1) is 0 Å². The molecule has 2 aromatic carbocycles. The Kier molecular flexibility index (Phi) is 5.89. The number of para-hydroxylation sites is 1. The van der Waals surface area contributed by atoms with Gasteiger partial charge in [0, 0.05) is 29.4 Å². The zero-order valence-corrected chi connectivity index (χ0v) is 17.3. The van der Waals surface area contributed by atoms with E-state index in [4.69, 9.17) is 9.15 Å². The molecule has 0 bridgehead atoms. The van der Waals surface area contributed by atoms with Crippen molar-refractivity contribution in [3.05, 3.63) is 89.5 Å². The maximum Gasteiger partial charge on any atom is 0.221 e. The highest BCUT2D eigenvalue weighted by atomic mass is 16.5. The number of furan rings is 1. The highest BCUT2D eigenvalue weighted by Crippen LogP contribution is 2.35. The molecule has 154 valence electrons. The van der Waals surface area contributed by atoms with E-state index in [1.165, 1.54) is 5.56 Å². The summed E-state index contributed by atoms with van der Waals surface area (Å²) in [6.45, 7) is 2.53. The number of aromatic nitrogens is 1. The third-order valence-electron chi connectivity index (χ3n) is 5.52. The number of carbonyl (C=O) groups excluding carboxylic acids is 1. The Bertz CT molecular complexity index is 1130. The van der Waals surface area contributed by atoms with Crippen LogP contribution in [0.5, 0.6) is 5.75 Å². The van der Waals surface area contributed by atoms with Crippen LogP contribution in [-0.2, 0) is 17.8 Å². The smallest absolute Gasteiger partial charge is 0.221 e. The first kappa shape index (κ1) is 19.8. The van der Waals surface area contributed by atoms with Crippen LogP contribution in [0, 0.1) is 0 Å². The number of H-pyrrole nitrogens is 1. The van der Waals surface area contributed by atoms with Crippen molar-refractivity contribution in [3.8, 4) is 5.75 Å².